The van der Waals surface area contributed by atoms with Crippen LogP contribution in [0.2, 0.25) is 0 Å². The van der Waals surface area contributed by atoms with E-state index in [1.807, 2.05) is 25.1 Å². The largest absolute Gasteiger partial charge is 0.496 e. The second kappa shape index (κ2) is 6.00. The van der Waals surface area contributed by atoms with Crippen molar-refractivity contribution in [2.75, 3.05) is 27.9 Å². The third-order valence-corrected chi connectivity index (χ3v) is 2.97. The lowest BCUT2D eigenvalue weighted by Gasteiger charge is -2.31. The zero-order valence-corrected chi connectivity index (χ0v) is 10.9. The molecule has 0 unspecified atom stereocenters. The predicted molar refractivity (Wildman–Crippen MR) is 67.1 cm³/mol. The second-order valence-electron chi connectivity index (χ2n) is 3.88. The summed E-state index contributed by atoms with van der Waals surface area (Å²) in [6.07, 6.45) is 0.603. The first-order chi connectivity index (χ1) is 8.13. The lowest BCUT2D eigenvalue weighted by molar-refractivity contribution is -0.218. The standard InChI is InChI=1S/C13H21NO3/c1-10-9-11(5-6-12(10)15-2)13(16-3,17-4)7-8-14/h5-6,9H,7-8,14H2,1-4H3. The van der Waals surface area contributed by atoms with Crippen LogP contribution in [0.5, 0.6) is 5.75 Å². The third kappa shape index (κ3) is 2.77. The number of methoxy groups -OCH3 is 3. The Morgan fingerprint density at radius 2 is 1.82 bits per heavy atom. The van der Waals surface area contributed by atoms with Crippen LogP contribution in [0.15, 0.2) is 18.2 Å². The van der Waals surface area contributed by atoms with E-state index >= 15 is 0 Å². The Kier molecular flexibility index (Phi) is 4.93. The Labute approximate surface area is 103 Å². The van der Waals surface area contributed by atoms with Gasteiger partial charge in [-0.15, -0.1) is 0 Å². The molecule has 0 aliphatic carbocycles. The van der Waals surface area contributed by atoms with E-state index in [9.17, 15) is 0 Å². The van der Waals surface area contributed by atoms with Crippen LogP contribution >= 0.6 is 0 Å². The summed E-state index contributed by atoms with van der Waals surface area (Å²) in [6.45, 7) is 2.48. The highest BCUT2D eigenvalue weighted by molar-refractivity contribution is 5.38. The van der Waals surface area contributed by atoms with Crippen LogP contribution < -0.4 is 10.5 Å². The molecule has 1 aromatic rings. The normalized spacial score (nSPS) is 11.6. The van der Waals surface area contributed by atoms with Crippen LogP contribution in [0.4, 0.5) is 0 Å². The van der Waals surface area contributed by atoms with Gasteiger partial charge in [-0.05, 0) is 37.2 Å². The Hall–Kier alpha value is -1.10. The van der Waals surface area contributed by atoms with Crippen LogP contribution in [-0.4, -0.2) is 27.9 Å². The van der Waals surface area contributed by atoms with Gasteiger partial charge in [0.15, 0.2) is 5.79 Å². The molecule has 1 rings (SSSR count). The predicted octanol–water partition coefficient (Wildman–Crippen LogP) is 1.80. The molecule has 0 heterocycles. The van der Waals surface area contributed by atoms with Crippen molar-refractivity contribution in [3.05, 3.63) is 29.3 Å². The summed E-state index contributed by atoms with van der Waals surface area (Å²) in [5.74, 6) is 0.0776. The quantitative estimate of drug-likeness (QED) is 0.769. The molecule has 0 saturated carbocycles. The highest BCUT2D eigenvalue weighted by Gasteiger charge is 2.31. The molecule has 0 aliphatic rings. The molecular weight excluding hydrogens is 218 g/mol. The molecule has 0 spiro atoms. The number of rotatable bonds is 6. The van der Waals surface area contributed by atoms with E-state index in [-0.39, 0.29) is 0 Å². The molecule has 0 aromatic heterocycles. The maximum absolute atomic E-state index is 5.61. The van der Waals surface area contributed by atoms with Gasteiger partial charge in [0.25, 0.3) is 0 Å². The number of ether oxygens (including phenoxy) is 3. The molecule has 0 bridgehead atoms. The van der Waals surface area contributed by atoms with Crippen molar-refractivity contribution in [3.63, 3.8) is 0 Å². The summed E-state index contributed by atoms with van der Waals surface area (Å²) in [5, 5.41) is 0. The van der Waals surface area contributed by atoms with Crippen molar-refractivity contribution < 1.29 is 14.2 Å². The van der Waals surface area contributed by atoms with Gasteiger partial charge in [-0.3, -0.25) is 0 Å². The third-order valence-electron chi connectivity index (χ3n) is 2.97. The van der Waals surface area contributed by atoms with Gasteiger partial charge in [-0.1, -0.05) is 0 Å². The highest BCUT2D eigenvalue weighted by Crippen LogP contribution is 2.32. The summed E-state index contributed by atoms with van der Waals surface area (Å²) < 4.78 is 16.2. The minimum Gasteiger partial charge on any atom is -0.496 e. The average Bonchev–Trinajstić information content (AvgIpc) is 2.36. The zero-order valence-electron chi connectivity index (χ0n) is 10.9. The van der Waals surface area contributed by atoms with Crippen LogP contribution in [0.25, 0.3) is 0 Å². The van der Waals surface area contributed by atoms with E-state index in [1.165, 1.54) is 0 Å². The van der Waals surface area contributed by atoms with E-state index in [4.69, 9.17) is 19.9 Å². The number of aryl methyl sites for hydroxylation is 1. The van der Waals surface area contributed by atoms with Gasteiger partial charge in [0, 0.05) is 26.2 Å². The van der Waals surface area contributed by atoms with Crippen molar-refractivity contribution in [1.82, 2.24) is 0 Å². The molecule has 1 aromatic carbocycles. The topological polar surface area (TPSA) is 53.7 Å². The smallest absolute Gasteiger partial charge is 0.195 e. The van der Waals surface area contributed by atoms with Crippen LogP contribution in [0.1, 0.15) is 17.5 Å². The fourth-order valence-electron chi connectivity index (χ4n) is 1.97. The average molecular weight is 239 g/mol. The summed E-state index contributed by atoms with van der Waals surface area (Å²) in [6, 6.07) is 5.85. The summed E-state index contributed by atoms with van der Waals surface area (Å²) in [7, 11) is 4.90. The van der Waals surface area contributed by atoms with Crippen molar-refractivity contribution in [3.8, 4) is 5.75 Å². The Morgan fingerprint density at radius 1 is 1.18 bits per heavy atom. The monoisotopic (exact) mass is 239 g/mol. The molecule has 0 atom stereocenters. The highest BCUT2D eigenvalue weighted by atomic mass is 16.7. The number of nitrogens with two attached hydrogens (primary N) is 1. The summed E-state index contributed by atoms with van der Waals surface area (Å²) in [4.78, 5) is 0. The minimum atomic E-state index is -0.772. The van der Waals surface area contributed by atoms with E-state index in [1.54, 1.807) is 21.3 Å². The molecule has 0 radical (unpaired) electrons. The molecular formula is C13H21NO3. The number of hydrogen-bond acceptors (Lipinski definition) is 4. The molecule has 2 N–H and O–H groups in total. The van der Waals surface area contributed by atoms with Gasteiger partial charge in [-0.2, -0.15) is 0 Å². The first-order valence-corrected chi connectivity index (χ1v) is 5.59. The SMILES string of the molecule is COc1ccc(C(CCN)(OC)OC)cc1C. The van der Waals surface area contributed by atoms with Gasteiger partial charge in [0.2, 0.25) is 0 Å². The van der Waals surface area contributed by atoms with E-state index in [0.717, 1.165) is 16.9 Å². The number of benzene rings is 1. The maximum atomic E-state index is 5.61. The summed E-state index contributed by atoms with van der Waals surface area (Å²) >= 11 is 0. The Morgan fingerprint density at radius 3 is 2.24 bits per heavy atom. The van der Waals surface area contributed by atoms with Crippen molar-refractivity contribution >= 4 is 0 Å². The van der Waals surface area contributed by atoms with Gasteiger partial charge in [-0.25, -0.2) is 0 Å². The first kappa shape index (κ1) is 14.0. The lowest BCUT2D eigenvalue weighted by Crippen LogP contribution is -2.33. The molecule has 96 valence electrons. The Balaban J connectivity index is 3.14. The van der Waals surface area contributed by atoms with Gasteiger partial charge in [0.05, 0.1) is 7.11 Å². The van der Waals surface area contributed by atoms with E-state index in [0.29, 0.717) is 13.0 Å². The zero-order chi connectivity index (χ0) is 12.9. The molecule has 0 aliphatic heterocycles. The van der Waals surface area contributed by atoms with Crippen LogP contribution in [-0.2, 0) is 15.3 Å². The van der Waals surface area contributed by atoms with Crippen molar-refractivity contribution in [2.24, 2.45) is 5.73 Å². The molecule has 4 nitrogen and oxygen atoms in total. The van der Waals surface area contributed by atoms with E-state index < -0.39 is 5.79 Å². The fraction of sp³-hybridized carbons (Fsp3) is 0.538. The molecule has 17 heavy (non-hydrogen) atoms. The van der Waals surface area contributed by atoms with E-state index in [2.05, 4.69) is 0 Å². The van der Waals surface area contributed by atoms with Crippen molar-refractivity contribution in [1.29, 1.82) is 0 Å². The van der Waals surface area contributed by atoms with Crippen LogP contribution in [0, 0.1) is 6.92 Å². The second-order valence-corrected chi connectivity index (χ2v) is 3.88. The first-order valence-electron chi connectivity index (χ1n) is 5.59. The lowest BCUT2D eigenvalue weighted by atomic mass is 9.99. The van der Waals surface area contributed by atoms with Gasteiger partial charge < -0.3 is 19.9 Å². The van der Waals surface area contributed by atoms with Crippen LogP contribution in [0.3, 0.4) is 0 Å². The molecule has 0 saturated heterocycles. The number of hydrogen-bond donors (Lipinski definition) is 1. The Bertz CT molecular complexity index is 362. The maximum Gasteiger partial charge on any atom is 0.195 e. The van der Waals surface area contributed by atoms with Gasteiger partial charge >= 0.3 is 0 Å². The van der Waals surface area contributed by atoms with Gasteiger partial charge in [0.1, 0.15) is 5.75 Å². The minimum absolute atomic E-state index is 0.493. The fourth-order valence-corrected chi connectivity index (χ4v) is 1.97. The van der Waals surface area contributed by atoms with Crippen molar-refractivity contribution in [2.45, 2.75) is 19.1 Å². The molecule has 0 amide bonds. The molecule has 0 fully saturated rings. The molecule has 4 heteroatoms. The summed E-state index contributed by atoms with van der Waals surface area (Å²) in [5.41, 5.74) is 7.60.